The summed E-state index contributed by atoms with van der Waals surface area (Å²) in [4.78, 5) is 3.21. The molecule has 114 valence electrons. The summed E-state index contributed by atoms with van der Waals surface area (Å²) in [5, 5.41) is 12.3. The first kappa shape index (κ1) is 14.2. The van der Waals surface area contributed by atoms with Crippen LogP contribution in [0, 0.1) is 0 Å². The van der Waals surface area contributed by atoms with Crippen molar-refractivity contribution in [3.8, 4) is 0 Å². The molecule has 0 unspecified atom stereocenters. The molecular weight excluding hydrogens is 268 g/mol. The second kappa shape index (κ2) is 6.36. The number of piperazine rings is 1. The Labute approximate surface area is 124 Å². The second-order valence-electron chi connectivity index (χ2n) is 5.85. The summed E-state index contributed by atoms with van der Waals surface area (Å²) < 4.78 is 7.29. The van der Waals surface area contributed by atoms with Gasteiger partial charge in [-0.15, -0.1) is 5.10 Å². The SMILES string of the molecule is CC[C@@H](c1nnnn1Cc1ccco1)[NH+]1CC[NH+](C)CC1. The number of nitrogens with one attached hydrogen (secondary N) is 2. The number of quaternary nitrogens is 2. The van der Waals surface area contributed by atoms with Gasteiger partial charge in [-0.2, -0.15) is 0 Å². The minimum absolute atomic E-state index is 0.364. The molecule has 3 heterocycles. The molecule has 2 aromatic heterocycles. The van der Waals surface area contributed by atoms with E-state index in [9.17, 15) is 0 Å². The summed E-state index contributed by atoms with van der Waals surface area (Å²) in [5.74, 6) is 1.86. The Morgan fingerprint density at radius 3 is 2.81 bits per heavy atom. The van der Waals surface area contributed by atoms with Gasteiger partial charge in [0.2, 0.25) is 5.82 Å². The van der Waals surface area contributed by atoms with Crippen LogP contribution >= 0.6 is 0 Å². The zero-order valence-corrected chi connectivity index (χ0v) is 12.7. The Morgan fingerprint density at radius 1 is 1.33 bits per heavy atom. The third kappa shape index (κ3) is 3.14. The van der Waals surface area contributed by atoms with Crippen molar-refractivity contribution in [2.24, 2.45) is 0 Å². The van der Waals surface area contributed by atoms with E-state index in [0.29, 0.717) is 12.6 Å². The van der Waals surface area contributed by atoms with Gasteiger partial charge in [0.25, 0.3) is 0 Å². The third-order valence-corrected chi connectivity index (χ3v) is 4.40. The largest absolute Gasteiger partial charge is 0.467 e. The lowest BCUT2D eigenvalue weighted by Gasteiger charge is -2.32. The average molecular weight is 292 g/mol. The van der Waals surface area contributed by atoms with E-state index in [4.69, 9.17) is 4.42 Å². The van der Waals surface area contributed by atoms with Gasteiger partial charge in [-0.05, 0) is 22.6 Å². The van der Waals surface area contributed by atoms with Crippen LogP contribution in [-0.2, 0) is 6.54 Å². The molecule has 0 bridgehead atoms. The fourth-order valence-corrected chi connectivity index (χ4v) is 3.12. The molecule has 3 rings (SSSR count). The molecule has 1 saturated heterocycles. The second-order valence-corrected chi connectivity index (χ2v) is 5.85. The standard InChI is InChI=1S/C14H22N6O/c1-3-13(19-8-6-18(2)7-9-19)14-15-16-17-20(14)11-12-5-4-10-21-12/h4-5,10,13H,3,6-9,11H2,1-2H3/p+2/t13-/m0/s1. The summed E-state index contributed by atoms with van der Waals surface area (Å²) >= 11 is 0. The Hall–Kier alpha value is -1.73. The van der Waals surface area contributed by atoms with Gasteiger partial charge < -0.3 is 14.2 Å². The molecule has 1 atom stereocenters. The van der Waals surface area contributed by atoms with Crippen molar-refractivity contribution >= 4 is 0 Å². The number of hydrogen-bond acceptors (Lipinski definition) is 4. The van der Waals surface area contributed by atoms with E-state index >= 15 is 0 Å². The molecule has 1 fully saturated rings. The van der Waals surface area contributed by atoms with Crippen LogP contribution in [0.2, 0.25) is 0 Å². The lowest BCUT2D eigenvalue weighted by atomic mass is 10.1. The van der Waals surface area contributed by atoms with Gasteiger partial charge in [-0.1, -0.05) is 6.92 Å². The van der Waals surface area contributed by atoms with Crippen LogP contribution < -0.4 is 9.80 Å². The smallest absolute Gasteiger partial charge is 0.209 e. The Bertz CT molecular complexity index is 544. The van der Waals surface area contributed by atoms with E-state index < -0.39 is 0 Å². The van der Waals surface area contributed by atoms with Crippen molar-refractivity contribution in [2.75, 3.05) is 33.2 Å². The normalized spacial score (nSPS) is 24.1. The van der Waals surface area contributed by atoms with Gasteiger partial charge >= 0.3 is 0 Å². The Kier molecular flexibility index (Phi) is 4.31. The Morgan fingerprint density at radius 2 is 2.14 bits per heavy atom. The number of hydrogen-bond donors (Lipinski definition) is 2. The van der Waals surface area contributed by atoms with Crippen molar-refractivity contribution < 1.29 is 14.2 Å². The van der Waals surface area contributed by atoms with E-state index in [1.54, 1.807) is 16.1 Å². The summed E-state index contributed by atoms with van der Waals surface area (Å²) in [7, 11) is 2.26. The number of tetrazole rings is 1. The van der Waals surface area contributed by atoms with Gasteiger partial charge in [0.15, 0.2) is 0 Å². The minimum Gasteiger partial charge on any atom is -0.467 e. The van der Waals surface area contributed by atoms with Crippen LogP contribution in [0.3, 0.4) is 0 Å². The van der Waals surface area contributed by atoms with Gasteiger partial charge in [0.1, 0.15) is 44.5 Å². The molecule has 0 aliphatic carbocycles. The highest BCUT2D eigenvalue weighted by molar-refractivity contribution is 5.00. The van der Waals surface area contributed by atoms with E-state index in [1.807, 2.05) is 16.8 Å². The van der Waals surface area contributed by atoms with Gasteiger partial charge in [0, 0.05) is 6.42 Å². The van der Waals surface area contributed by atoms with Crippen LogP contribution in [0.25, 0.3) is 0 Å². The van der Waals surface area contributed by atoms with Crippen LogP contribution in [-0.4, -0.2) is 53.4 Å². The maximum absolute atomic E-state index is 5.41. The molecule has 7 heteroatoms. The first-order valence-corrected chi connectivity index (χ1v) is 7.72. The topological polar surface area (TPSA) is 65.6 Å². The maximum Gasteiger partial charge on any atom is 0.209 e. The number of nitrogens with zero attached hydrogens (tertiary/aromatic N) is 4. The van der Waals surface area contributed by atoms with Crippen LogP contribution in [0.1, 0.15) is 31.0 Å². The highest BCUT2D eigenvalue weighted by Gasteiger charge is 2.32. The van der Waals surface area contributed by atoms with Crippen molar-refractivity contribution in [2.45, 2.75) is 25.9 Å². The van der Waals surface area contributed by atoms with Crippen molar-refractivity contribution in [3.05, 3.63) is 30.0 Å². The summed E-state index contributed by atoms with van der Waals surface area (Å²) in [5.41, 5.74) is 0. The third-order valence-electron chi connectivity index (χ3n) is 4.40. The zero-order chi connectivity index (χ0) is 14.7. The summed E-state index contributed by atoms with van der Waals surface area (Å²) in [6, 6.07) is 4.21. The van der Waals surface area contributed by atoms with E-state index in [2.05, 4.69) is 29.5 Å². The van der Waals surface area contributed by atoms with Crippen LogP contribution in [0.5, 0.6) is 0 Å². The fourth-order valence-electron chi connectivity index (χ4n) is 3.12. The first-order valence-electron chi connectivity index (χ1n) is 7.72. The monoisotopic (exact) mass is 292 g/mol. The number of likely N-dealkylation sites (N-methyl/N-ethyl adjacent to an activating group) is 1. The van der Waals surface area contributed by atoms with Crippen molar-refractivity contribution in [1.29, 1.82) is 0 Å². The predicted molar refractivity (Wildman–Crippen MR) is 76.0 cm³/mol. The molecule has 0 radical (unpaired) electrons. The molecule has 0 amide bonds. The number of furan rings is 1. The minimum atomic E-state index is 0.364. The number of rotatable bonds is 5. The highest BCUT2D eigenvalue weighted by Crippen LogP contribution is 2.11. The molecule has 2 aromatic rings. The average Bonchev–Trinajstić information content (AvgIpc) is 3.15. The van der Waals surface area contributed by atoms with Gasteiger partial charge in [-0.25, -0.2) is 4.68 Å². The van der Waals surface area contributed by atoms with Crippen LogP contribution in [0.15, 0.2) is 22.8 Å². The lowest BCUT2D eigenvalue weighted by Crippen LogP contribution is -3.27. The fraction of sp³-hybridized carbons (Fsp3) is 0.643. The molecule has 21 heavy (non-hydrogen) atoms. The molecule has 0 aromatic carbocycles. The van der Waals surface area contributed by atoms with E-state index in [-0.39, 0.29) is 0 Å². The van der Waals surface area contributed by atoms with E-state index in [0.717, 1.165) is 18.0 Å². The predicted octanol–water partition coefficient (Wildman–Crippen LogP) is -1.82. The summed E-state index contributed by atoms with van der Waals surface area (Å²) in [6.07, 6.45) is 2.73. The number of aromatic nitrogens is 4. The molecule has 7 nitrogen and oxygen atoms in total. The molecule has 1 aliphatic heterocycles. The van der Waals surface area contributed by atoms with Crippen molar-refractivity contribution in [3.63, 3.8) is 0 Å². The zero-order valence-electron chi connectivity index (χ0n) is 12.7. The van der Waals surface area contributed by atoms with Crippen molar-refractivity contribution in [1.82, 2.24) is 20.2 Å². The van der Waals surface area contributed by atoms with Gasteiger partial charge in [-0.3, -0.25) is 0 Å². The first-order chi connectivity index (χ1) is 10.3. The van der Waals surface area contributed by atoms with Crippen LogP contribution in [0.4, 0.5) is 0 Å². The van der Waals surface area contributed by atoms with Gasteiger partial charge in [0.05, 0.1) is 13.3 Å². The Balaban J connectivity index is 1.76. The quantitative estimate of drug-likeness (QED) is 0.681. The lowest BCUT2D eigenvalue weighted by molar-refractivity contribution is -1.02. The molecule has 0 saturated carbocycles. The summed E-state index contributed by atoms with van der Waals surface area (Å²) in [6.45, 7) is 7.60. The van der Waals surface area contributed by atoms with E-state index in [1.165, 1.54) is 26.2 Å². The molecular formula is C14H24N6O+2. The molecule has 1 aliphatic rings. The highest BCUT2D eigenvalue weighted by atomic mass is 16.3. The molecule has 2 N–H and O–H groups in total. The molecule has 0 spiro atoms. The maximum atomic E-state index is 5.41.